The lowest BCUT2D eigenvalue weighted by Gasteiger charge is -2.21. The van der Waals surface area contributed by atoms with E-state index < -0.39 is 0 Å². The fourth-order valence-electron chi connectivity index (χ4n) is 2.57. The van der Waals surface area contributed by atoms with Gasteiger partial charge >= 0.3 is 5.97 Å². The molecule has 0 aromatic heterocycles. The van der Waals surface area contributed by atoms with Crippen molar-refractivity contribution in [1.82, 2.24) is 9.80 Å². The molecule has 0 spiro atoms. The molecule has 0 radical (unpaired) electrons. The maximum atomic E-state index is 11.4. The second-order valence-corrected chi connectivity index (χ2v) is 5.32. The number of amides is 1. The number of esters is 1. The zero-order valence-electron chi connectivity index (χ0n) is 12.7. The lowest BCUT2D eigenvalue weighted by atomic mass is 10.1. The van der Waals surface area contributed by atoms with Gasteiger partial charge in [0.1, 0.15) is 0 Å². The van der Waals surface area contributed by atoms with Gasteiger partial charge in [-0.1, -0.05) is 12.1 Å². The smallest absolute Gasteiger partial charge is 0.337 e. The number of rotatable bonds is 3. The Morgan fingerprint density at radius 2 is 1.81 bits per heavy atom. The molecule has 21 heavy (non-hydrogen) atoms. The van der Waals surface area contributed by atoms with Crippen LogP contribution in [0.15, 0.2) is 24.3 Å². The fraction of sp³-hybridized carbons (Fsp3) is 0.500. The Labute approximate surface area is 125 Å². The SMILES string of the molecule is COC(=O)c1ccc(CN2CCCN(C(C)=O)CC2)cc1. The van der Waals surface area contributed by atoms with E-state index in [4.69, 9.17) is 4.74 Å². The van der Waals surface area contributed by atoms with Crippen molar-refractivity contribution in [3.05, 3.63) is 35.4 Å². The van der Waals surface area contributed by atoms with Gasteiger partial charge in [0, 0.05) is 39.6 Å². The van der Waals surface area contributed by atoms with Gasteiger partial charge in [-0.25, -0.2) is 4.79 Å². The standard InChI is InChI=1S/C16H22N2O3/c1-13(19)18-9-3-8-17(10-11-18)12-14-4-6-15(7-5-14)16(20)21-2/h4-7H,3,8-12H2,1-2H3. The molecule has 5 nitrogen and oxygen atoms in total. The van der Waals surface area contributed by atoms with Gasteiger partial charge in [-0.15, -0.1) is 0 Å². The Balaban J connectivity index is 1.92. The van der Waals surface area contributed by atoms with Crippen LogP contribution in [0.3, 0.4) is 0 Å². The van der Waals surface area contributed by atoms with Crippen molar-refractivity contribution < 1.29 is 14.3 Å². The molecule has 2 rings (SSSR count). The van der Waals surface area contributed by atoms with Gasteiger partial charge in [-0.2, -0.15) is 0 Å². The summed E-state index contributed by atoms with van der Waals surface area (Å²) >= 11 is 0. The Bertz CT molecular complexity index is 499. The second kappa shape index (κ2) is 7.22. The number of ether oxygens (including phenoxy) is 1. The average molecular weight is 290 g/mol. The Morgan fingerprint density at radius 3 is 2.43 bits per heavy atom. The molecule has 1 heterocycles. The van der Waals surface area contributed by atoms with Crippen LogP contribution in [0.4, 0.5) is 0 Å². The first-order valence-corrected chi connectivity index (χ1v) is 7.25. The molecule has 5 heteroatoms. The molecule has 1 saturated heterocycles. The molecule has 1 amide bonds. The topological polar surface area (TPSA) is 49.9 Å². The Kier molecular flexibility index (Phi) is 5.33. The summed E-state index contributed by atoms with van der Waals surface area (Å²) < 4.78 is 4.69. The van der Waals surface area contributed by atoms with E-state index >= 15 is 0 Å². The van der Waals surface area contributed by atoms with Crippen molar-refractivity contribution in [2.75, 3.05) is 33.3 Å². The summed E-state index contributed by atoms with van der Waals surface area (Å²) in [5, 5.41) is 0. The highest BCUT2D eigenvalue weighted by Gasteiger charge is 2.16. The van der Waals surface area contributed by atoms with Crippen LogP contribution in [-0.2, 0) is 16.1 Å². The van der Waals surface area contributed by atoms with E-state index in [1.165, 1.54) is 12.7 Å². The van der Waals surface area contributed by atoms with Crippen molar-refractivity contribution in [1.29, 1.82) is 0 Å². The minimum Gasteiger partial charge on any atom is -0.465 e. The molecular formula is C16H22N2O3. The van der Waals surface area contributed by atoms with Crippen molar-refractivity contribution >= 4 is 11.9 Å². The number of carbonyl (C=O) groups is 2. The second-order valence-electron chi connectivity index (χ2n) is 5.32. The molecule has 0 aliphatic carbocycles. The minimum absolute atomic E-state index is 0.152. The van der Waals surface area contributed by atoms with Crippen molar-refractivity contribution in [3.8, 4) is 0 Å². The van der Waals surface area contributed by atoms with E-state index in [2.05, 4.69) is 4.90 Å². The molecular weight excluding hydrogens is 268 g/mol. The maximum absolute atomic E-state index is 11.4. The van der Waals surface area contributed by atoms with Crippen LogP contribution in [0.5, 0.6) is 0 Å². The summed E-state index contributed by atoms with van der Waals surface area (Å²) in [5.74, 6) is -0.160. The van der Waals surface area contributed by atoms with Gasteiger partial charge in [0.05, 0.1) is 12.7 Å². The summed E-state index contributed by atoms with van der Waals surface area (Å²) in [4.78, 5) is 27.0. The average Bonchev–Trinajstić information content (AvgIpc) is 2.73. The summed E-state index contributed by atoms with van der Waals surface area (Å²) in [5.41, 5.74) is 1.73. The monoisotopic (exact) mass is 290 g/mol. The van der Waals surface area contributed by atoms with Crippen molar-refractivity contribution in [2.24, 2.45) is 0 Å². The highest BCUT2D eigenvalue weighted by Crippen LogP contribution is 2.11. The maximum Gasteiger partial charge on any atom is 0.337 e. The molecule has 0 bridgehead atoms. The number of carbonyl (C=O) groups excluding carboxylic acids is 2. The molecule has 1 aliphatic heterocycles. The third kappa shape index (κ3) is 4.29. The van der Waals surface area contributed by atoms with Gasteiger partial charge < -0.3 is 9.64 Å². The molecule has 0 saturated carbocycles. The zero-order chi connectivity index (χ0) is 15.2. The number of nitrogens with zero attached hydrogens (tertiary/aromatic N) is 2. The van der Waals surface area contributed by atoms with Crippen molar-refractivity contribution in [3.63, 3.8) is 0 Å². The predicted octanol–water partition coefficient (Wildman–Crippen LogP) is 1.53. The molecule has 1 aromatic carbocycles. The highest BCUT2D eigenvalue weighted by molar-refractivity contribution is 5.89. The third-order valence-electron chi connectivity index (χ3n) is 3.82. The summed E-state index contributed by atoms with van der Waals surface area (Å²) in [6.07, 6.45) is 1.000. The Morgan fingerprint density at radius 1 is 1.10 bits per heavy atom. The van der Waals surface area contributed by atoms with Gasteiger partial charge in [0.2, 0.25) is 5.91 Å². The molecule has 0 unspecified atom stereocenters. The number of hydrogen-bond acceptors (Lipinski definition) is 4. The molecule has 114 valence electrons. The Hall–Kier alpha value is -1.88. The van der Waals surface area contributed by atoms with Crippen LogP contribution in [0.1, 0.15) is 29.3 Å². The highest BCUT2D eigenvalue weighted by atomic mass is 16.5. The lowest BCUT2D eigenvalue weighted by molar-refractivity contribution is -0.128. The molecule has 1 aliphatic rings. The lowest BCUT2D eigenvalue weighted by Crippen LogP contribution is -2.33. The third-order valence-corrected chi connectivity index (χ3v) is 3.82. The summed E-state index contributed by atoms with van der Waals surface area (Å²) in [6, 6.07) is 7.50. The van der Waals surface area contributed by atoms with E-state index in [-0.39, 0.29) is 11.9 Å². The van der Waals surface area contributed by atoms with Crippen LogP contribution in [-0.4, -0.2) is 55.0 Å². The van der Waals surface area contributed by atoms with Gasteiger partial charge in [-0.3, -0.25) is 9.69 Å². The van der Waals surface area contributed by atoms with Crippen LogP contribution in [0.25, 0.3) is 0 Å². The largest absolute Gasteiger partial charge is 0.465 e. The first kappa shape index (κ1) is 15.5. The minimum atomic E-state index is -0.312. The van der Waals surface area contributed by atoms with Gasteiger partial charge in [-0.05, 0) is 24.1 Å². The molecule has 1 fully saturated rings. The van der Waals surface area contributed by atoms with E-state index in [0.29, 0.717) is 5.56 Å². The van der Waals surface area contributed by atoms with Crippen LogP contribution in [0, 0.1) is 0 Å². The number of hydrogen-bond donors (Lipinski definition) is 0. The predicted molar refractivity (Wildman–Crippen MR) is 79.9 cm³/mol. The van der Waals surface area contributed by atoms with E-state index in [1.807, 2.05) is 17.0 Å². The van der Waals surface area contributed by atoms with Gasteiger partial charge in [0.25, 0.3) is 0 Å². The van der Waals surface area contributed by atoms with E-state index in [9.17, 15) is 9.59 Å². The normalized spacial score (nSPS) is 16.4. The van der Waals surface area contributed by atoms with E-state index in [1.54, 1.807) is 19.1 Å². The quantitative estimate of drug-likeness (QED) is 0.792. The first-order chi connectivity index (χ1) is 10.1. The number of methoxy groups -OCH3 is 1. The molecule has 0 N–H and O–H groups in total. The summed E-state index contributed by atoms with van der Waals surface area (Å²) in [6.45, 7) is 5.97. The summed E-state index contributed by atoms with van der Waals surface area (Å²) in [7, 11) is 1.38. The van der Waals surface area contributed by atoms with Crippen molar-refractivity contribution in [2.45, 2.75) is 19.9 Å². The van der Waals surface area contributed by atoms with Crippen LogP contribution >= 0.6 is 0 Å². The number of benzene rings is 1. The van der Waals surface area contributed by atoms with Gasteiger partial charge in [0.15, 0.2) is 0 Å². The van der Waals surface area contributed by atoms with Crippen LogP contribution in [0.2, 0.25) is 0 Å². The fourth-order valence-corrected chi connectivity index (χ4v) is 2.57. The molecule has 1 aromatic rings. The van der Waals surface area contributed by atoms with Crippen LogP contribution < -0.4 is 0 Å². The molecule has 0 atom stereocenters. The zero-order valence-corrected chi connectivity index (χ0v) is 12.7. The van der Waals surface area contributed by atoms with E-state index in [0.717, 1.165) is 39.1 Å². The first-order valence-electron chi connectivity index (χ1n) is 7.25.